The van der Waals surface area contributed by atoms with Gasteiger partial charge in [0.25, 0.3) is 0 Å². The van der Waals surface area contributed by atoms with Crippen LogP contribution in [0.2, 0.25) is 0 Å². The lowest BCUT2D eigenvalue weighted by molar-refractivity contribution is 0.458. The third-order valence-corrected chi connectivity index (χ3v) is 3.04. The Bertz CT molecular complexity index is 368. The Balaban J connectivity index is 2.19. The van der Waals surface area contributed by atoms with Crippen molar-refractivity contribution in [2.75, 3.05) is 30.4 Å². The summed E-state index contributed by atoms with van der Waals surface area (Å²) in [6.45, 7) is 6.50. The summed E-state index contributed by atoms with van der Waals surface area (Å²) in [4.78, 5) is 0. The van der Waals surface area contributed by atoms with Gasteiger partial charge < -0.3 is 15.1 Å². The average molecular weight is 274 g/mol. The van der Waals surface area contributed by atoms with E-state index in [0.717, 1.165) is 13.0 Å². The summed E-state index contributed by atoms with van der Waals surface area (Å²) in [6, 6.07) is 0.429. The number of hydrogen-bond donors (Lipinski definition) is 2. The zero-order chi connectivity index (χ0) is 13.4. The van der Waals surface area contributed by atoms with Crippen molar-refractivity contribution in [3.63, 3.8) is 0 Å². The second-order valence-electron chi connectivity index (χ2n) is 4.58. The molecule has 0 aliphatic carbocycles. The molecule has 0 saturated carbocycles. The maximum Gasteiger partial charge on any atom is 0.315 e. The first-order valence-electron chi connectivity index (χ1n) is 6.15. The van der Waals surface area contributed by atoms with Crippen molar-refractivity contribution < 1.29 is 8.63 Å². The van der Waals surface area contributed by atoms with E-state index in [1.54, 1.807) is 6.26 Å². The largest absolute Gasteiger partial charge is 0.407 e. The molecule has 0 aliphatic rings. The molecule has 0 amide bonds. The highest BCUT2D eigenvalue weighted by Crippen LogP contribution is 2.05. The third kappa shape index (κ3) is 6.70. The zero-order valence-corrected chi connectivity index (χ0v) is 12.0. The van der Waals surface area contributed by atoms with Crippen LogP contribution in [0, 0.1) is 5.92 Å². The van der Waals surface area contributed by atoms with Crippen LogP contribution in [0.4, 0.5) is 6.01 Å². The predicted octanol–water partition coefficient (Wildman–Crippen LogP) is 0.996. The molecule has 7 heteroatoms. The fourth-order valence-electron chi connectivity index (χ4n) is 1.34. The molecular formula is C11H22N4O2S. The summed E-state index contributed by atoms with van der Waals surface area (Å²) >= 11 is 0. The fourth-order valence-corrected chi connectivity index (χ4v) is 1.89. The number of hydrogen-bond acceptors (Lipinski definition) is 6. The molecule has 104 valence electrons. The smallest absolute Gasteiger partial charge is 0.315 e. The summed E-state index contributed by atoms with van der Waals surface area (Å²) in [5.41, 5.74) is 0. The molecule has 0 fully saturated rings. The number of nitrogens with zero attached hydrogens (tertiary/aromatic N) is 2. The molecule has 1 unspecified atom stereocenters. The van der Waals surface area contributed by atoms with E-state index in [2.05, 4.69) is 34.7 Å². The van der Waals surface area contributed by atoms with Gasteiger partial charge in [0, 0.05) is 29.4 Å². The molecule has 0 spiro atoms. The van der Waals surface area contributed by atoms with E-state index in [1.165, 1.54) is 0 Å². The Morgan fingerprint density at radius 3 is 2.83 bits per heavy atom. The zero-order valence-electron chi connectivity index (χ0n) is 11.2. The first kappa shape index (κ1) is 15.1. The Labute approximate surface area is 110 Å². The van der Waals surface area contributed by atoms with Gasteiger partial charge >= 0.3 is 6.01 Å². The van der Waals surface area contributed by atoms with Gasteiger partial charge in [0.1, 0.15) is 0 Å². The van der Waals surface area contributed by atoms with Crippen molar-refractivity contribution in [2.24, 2.45) is 5.92 Å². The Kier molecular flexibility index (Phi) is 6.89. The van der Waals surface area contributed by atoms with Crippen LogP contribution in [0.1, 0.15) is 26.2 Å². The Hall–Kier alpha value is -0.950. The Morgan fingerprint density at radius 1 is 1.39 bits per heavy atom. The average Bonchev–Trinajstić information content (AvgIpc) is 2.72. The van der Waals surface area contributed by atoms with Crippen molar-refractivity contribution >= 4 is 16.8 Å². The van der Waals surface area contributed by atoms with Crippen LogP contribution in [-0.2, 0) is 17.3 Å². The molecule has 1 aromatic heterocycles. The van der Waals surface area contributed by atoms with Crippen molar-refractivity contribution in [2.45, 2.75) is 26.8 Å². The first-order chi connectivity index (χ1) is 8.58. The van der Waals surface area contributed by atoms with Crippen molar-refractivity contribution in [3.05, 3.63) is 5.89 Å². The second-order valence-corrected chi connectivity index (χ2v) is 6.14. The van der Waals surface area contributed by atoms with E-state index in [9.17, 15) is 4.21 Å². The van der Waals surface area contributed by atoms with Crippen LogP contribution in [0.5, 0.6) is 0 Å². The number of anilines is 1. The fraction of sp³-hybridized carbons (Fsp3) is 0.818. The van der Waals surface area contributed by atoms with Gasteiger partial charge in [0.05, 0.1) is 6.54 Å². The third-order valence-electron chi connectivity index (χ3n) is 2.18. The van der Waals surface area contributed by atoms with Crippen LogP contribution in [0.3, 0.4) is 0 Å². The maximum atomic E-state index is 10.9. The van der Waals surface area contributed by atoms with Crippen molar-refractivity contribution in [3.8, 4) is 0 Å². The van der Waals surface area contributed by atoms with E-state index in [1.807, 2.05) is 0 Å². The summed E-state index contributed by atoms with van der Waals surface area (Å²) in [6.07, 6.45) is 2.53. The van der Waals surface area contributed by atoms with E-state index in [4.69, 9.17) is 4.42 Å². The molecule has 1 atom stereocenters. The lowest BCUT2D eigenvalue weighted by Crippen LogP contribution is -2.19. The van der Waals surface area contributed by atoms with Gasteiger partial charge in [-0.15, -0.1) is 5.10 Å². The monoisotopic (exact) mass is 274 g/mol. The topological polar surface area (TPSA) is 80.0 Å². The molecule has 1 heterocycles. The van der Waals surface area contributed by atoms with Crippen LogP contribution in [0.25, 0.3) is 0 Å². The molecule has 6 nitrogen and oxygen atoms in total. The molecule has 18 heavy (non-hydrogen) atoms. The van der Waals surface area contributed by atoms with Crippen LogP contribution in [-0.4, -0.2) is 39.5 Å². The lowest BCUT2D eigenvalue weighted by atomic mass is 10.2. The molecule has 0 bridgehead atoms. The minimum absolute atomic E-state index is 0.429. The van der Waals surface area contributed by atoms with Crippen LogP contribution in [0.15, 0.2) is 4.42 Å². The first-order valence-corrected chi connectivity index (χ1v) is 7.87. The molecule has 0 radical (unpaired) electrons. The van der Waals surface area contributed by atoms with E-state index in [-0.39, 0.29) is 0 Å². The quantitative estimate of drug-likeness (QED) is 0.654. The summed E-state index contributed by atoms with van der Waals surface area (Å²) < 4.78 is 16.3. The van der Waals surface area contributed by atoms with Crippen LogP contribution < -0.4 is 10.6 Å². The number of aromatic nitrogens is 2. The molecular weight excluding hydrogens is 252 g/mol. The molecule has 0 aromatic carbocycles. The highest BCUT2D eigenvalue weighted by atomic mass is 32.2. The van der Waals surface area contributed by atoms with E-state index >= 15 is 0 Å². The second kappa shape index (κ2) is 8.20. The molecule has 2 N–H and O–H groups in total. The number of nitrogens with one attached hydrogen (secondary N) is 2. The molecule has 0 aliphatic heterocycles. The van der Waals surface area contributed by atoms with E-state index < -0.39 is 10.8 Å². The lowest BCUT2D eigenvalue weighted by Gasteiger charge is -2.03. The Morgan fingerprint density at radius 2 is 2.17 bits per heavy atom. The summed E-state index contributed by atoms with van der Waals surface area (Å²) in [7, 11) is -0.744. The van der Waals surface area contributed by atoms with Crippen molar-refractivity contribution in [1.29, 1.82) is 0 Å². The minimum Gasteiger partial charge on any atom is -0.407 e. The summed E-state index contributed by atoms with van der Waals surface area (Å²) in [5.74, 6) is 1.86. The highest BCUT2D eigenvalue weighted by Gasteiger charge is 2.05. The maximum absolute atomic E-state index is 10.9. The molecule has 1 rings (SSSR count). The standard InChI is InChI=1S/C11H22N4O2S/c1-9(2)7-12-8-10-14-15-11(17-10)13-5-4-6-18(3)16/h9,12H,4-8H2,1-3H3,(H,13,15). The van der Waals surface area contributed by atoms with Crippen LogP contribution >= 0.6 is 0 Å². The summed E-state index contributed by atoms with van der Waals surface area (Å²) in [5, 5.41) is 14.1. The minimum atomic E-state index is -0.744. The van der Waals surface area contributed by atoms with Gasteiger partial charge in [-0.25, -0.2) is 0 Å². The van der Waals surface area contributed by atoms with Gasteiger partial charge in [-0.2, -0.15) is 0 Å². The highest BCUT2D eigenvalue weighted by molar-refractivity contribution is 7.84. The van der Waals surface area contributed by atoms with Gasteiger partial charge in [0.15, 0.2) is 0 Å². The normalized spacial score (nSPS) is 12.9. The molecule has 0 saturated heterocycles. The van der Waals surface area contributed by atoms with Crippen molar-refractivity contribution in [1.82, 2.24) is 15.5 Å². The van der Waals surface area contributed by atoms with Gasteiger partial charge in [0.2, 0.25) is 5.89 Å². The predicted molar refractivity (Wildman–Crippen MR) is 72.9 cm³/mol. The van der Waals surface area contributed by atoms with Gasteiger partial charge in [-0.05, 0) is 18.9 Å². The SMILES string of the molecule is CC(C)CNCc1nnc(NCCCS(C)=O)o1. The van der Waals surface area contributed by atoms with Gasteiger partial charge in [-0.3, -0.25) is 4.21 Å². The molecule has 1 aromatic rings. The van der Waals surface area contributed by atoms with E-state index in [0.29, 0.717) is 36.7 Å². The van der Waals surface area contributed by atoms with Gasteiger partial charge in [-0.1, -0.05) is 18.9 Å². The number of rotatable bonds is 9.